The second kappa shape index (κ2) is 7.81. The van der Waals surface area contributed by atoms with E-state index in [0.717, 1.165) is 26.8 Å². The van der Waals surface area contributed by atoms with E-state index in [0.29, 0.717) is 0 Å². The van der Waals surface area contributed by atoms with Crippen LogP contribution in [-0.2, 0) is 14.4 Å². The Hall–Kier alpha value is -2.39. The smallest absolute Gasteiger partial charge is 0.326 e. The summed E-state index contributed by atoms with van der Waals surface area (Å²) < 4.78 is 0. The lowest BCUT2D eigenvalue weighted by molar-refractivity contribution is -0.156. The van der Waals surface area contributed by atoms with Crippen LogP contribution >= 0.6 is 23.1 Å². The lowest BCUT2D eigenvalue weighted by Gasteiger charge is -2.43. The molecule has 2 amide bonds. The number of nitrogens with zero attached hydrogens (tertiary/aromatic N) is 1. The van der Waals surface area contributed by atoms with Gasteiger partial charge in [0.05, 0.1) is 16.9 Å². The van der Waals surface area contributed by atoms with Crippen LogP contribution in [0.1, 0.15) is 43.0 Å². The number of carboxylic acid groups (broad SMARTS) is 1. The molecule has 2 bridgehead atoms. The third-order valence-corrected chi connectivity index (χ3v) is 10.8. The van der Waals surface area contributed by atoms with Crippen molar-refractivity contribution in [1.29, 1.82) is 0 Å². The summed E-state index contributed by atoms with van der Waals surface area (Å²) in [6.45, 7) is 3.81. The summed E-state index contributed by atoms with van der Waals surface area (Å²) in [6.07, 6.45) is 1.06. The highest BCUT2D eigenvalue weighted by Crippen LogP contribution is 2.68. The van der Waals surface area contributed by atoms with Gasteiger partial charge in [-0.15, -0.1) is 11.8 Å². The molecule has 2 N–H and O–H groups in total. The molecule has 7 nitrogen and oxygen atoms in total. The highest BCUT2D eigenvalue weighted by atomic mass is 32.2. The maximum atomic E-state index is 13.7. The van der Waals surface area contributed by atoms with Gasteiger partial charge in [0.25, 0.3) is 0 Å². The molecule has 0 radical (unpaired) electrons. The van der Waals surface area contributed by atoms with Crippen LogP contribution in [0.15, 0.2) is 40.2 Å². The lowest BCUT2D eigenvalue weighted by atomic mass is 9.68. The van der Waals surface area contributed by atoms with Gasteiger partial charge in [0.1, 0.15) is 6.04 Å². The molecule has 2 saturated carbocycles. The zero-order chi connectivity index (χ0) is 23.9. The van der Waals surface area contributed by atoms with Crippen LogP contribution in [0.25, 0.3) is 0 Å². The molecule has 6 rings (SSSR count). The van der Waals surface area contributed by atoms with Gasteiger partial charge in [0, 0.05) is 16.0 Å². The Morgan fingerprint density at radius 1 is 1.12 bits per heavy atom. The number of thioether (sulfide) groups is 1. The number of benzene rings is 1. The van der Waals surface area contributed by atoms with Crippen molar-refractivity contribution in [2.45, 2.75) is 48.9 Å². The van der Waals surface area contributed by atoms with Crippen molar-refractivity contribution < 1.29 is 19.5 Å². The molecule has 1 saturated heterocycles. The summed E-state index contributed by atoms with van der Waals surface area (Å²) in [5, 5.41) is 10.9. The van der Waals surface area contributed by atoms with E-state index in [9.17, 15) is 24.3 Å². The van der Waals surface area contributed by atoms with Gasteiger partial charge in [-0.3, -0.25) is 19.3 Å². The molecule has 0 spiro atoms. The van der Waals surface area contributed by atoms with E-state index < -0.39 is 23.8 Å². The first-order chi connectivity index (χ1) is 16.3. The molecule has 3 fully saturated rings. The SMILES string of the molecule is CC(C)C[C@H](C(=O)O)N1C(=O)[C@@H]2[C@H]3C[C@@H]([C@@H]2C1=O)[C@@H]1[C@H](c2ccccc2)c2sc(=O)[nH]c2S[C@@H]31. The minimum absolute atomic E-state index is 0.00185. The third-order valence-electron chi connectivity index (χ3n) is 8.21. The van der Waals surface area contributed by atoms with Gasteiger partial charge >= 0.3 is 10.8 Å². The number of carbonyl (C=O) groups is 3. The Morgan fingerprint density at radius 3 is 2.44 bits per heavy atom. The topological polar surface area (TPSA) is 108 Å². The van der Waals surface area contributed by atoms with Crippen molar-refractivity contribution >= 4 is 40.9 Å². The summed E-state index contributed by atoms with van der Waals surface area (Å²) in [5.74, 6) is -2.48. The van der Waals surface area contributed by atoms with E-state index in [-0.39, 0.29) is 57.9 Å². The van der Waals surface area contributed by atoms with Crippen LogP contribution in [-0.4, -0.2) is 44.1 Å². The second-order valence-electron chi connectivity index (χ2n) is 10.4. The molecular weight excluding hydrogens is 472 g/mol. The first kappa shape index (κ1) is 22.1. The number of nitrogens with one attached hydrogen (secondary N) is 1. The summed E-state index contributed by atoms with van der Waals surface area (Å²) >= 11 is 2.89. The Kier molecular flexibility index (Phi) is 5.08. The normalized spacial score (nSPS) is 34.3. The molecule has 3 heterocycles. The molecule has 178 valence electrons. The van der Waals surface area contributed by atoms with Crippen LogP contribution in [0.3, 0.4) is 0 Å². The van der Waals surface area contributed by atoms with Gasteiger partial charge in [0.15, 0.2) is 0 Å². The number of aromatic amines is 1. The van der Waals surface area contributed by atoms with E-state index in [1.54, 1.807) is 11.8 Å². The zero-order valence-electron chi connectivity index (χ0n) is 18.8. The summed E-state index contributed by atoms with van der Waals surface area (Å²) in [6, 6.07) is 8.99. The summed E-state index contributed by atoms with van der Waals surface area (Å²) in [4.78, 5) is 56.6. The van der Waals surface area contributed by atoms with Crippen molar-refractivity contribution in [2.75, 3.05) is 0 Å². The number of carboxylic acids is 1. The molecule has 8 atom stereocenters. The van der Waals surface area contributed by atoms with Gasteiger partial charge < -0.3 is 10.1 Å². The number of aromatic nitrogens is 1. The zero-order valence-corrected chi connectivity index (χ0v) is 20.5. The van der Waals surface area contributed by atoms with E-state index >= 15 is 0 Å². The maximum Gasteiger partial charge on any atom is 0.326 e. The number of likely N-dealkylation sites (tertiary alicyclic amines) is 1. The molecule has 1 aromatic heterocycles. The Morgan fingerprint density at radius 2 is 1.79 bits per heavy atom. The fourth-order valence-corrected chi connectivity index (χ4v) is 10.0. The summed E-state index contributed by atoms with van der Waals surface area (Å²) in [5.41, 5.74) is 1.12. The molecule has 2 aromatic rings. The standard InChI is InChI=1S/C25H26N2O5S2/c1-10(2)8-14(24(30)31)27-22(28)17-12-9-13(18(17)23(27)29)19-16(12)15(11-6-4-3-5-7-11)20-21(33-19)26-25(32)34-20/h3-7,10,12-19H,8-9H2,1-2H3,(H,26,32)(H,30,31)/t12-,13-,14-,15+,16-,17+,18-,19+/m1/s1. The number of carbonyl (C=O) groups excluding carboxylic acids is 2. The van der Waals surface area contributed by atoms with E-state index in [1.807, 2.05) is 32.0 Å². The van der Waals surface area contributed by atoms with Gasteiger partial charge in [0.2, 0.25) is 11.8 Å². The first-order valence-electron chi connectivity index (χ1n) is 11.8. The minimum atomic E-state index is -1.11. The molecule has 34 heavy (non-hydrogen) atoms. The van der Waals surface area contributed by atoms with Crippen LogP contribution in [0.5, 0.6) is 0 Å². The number of thiazole rings is 1. The van der Waals surface area contributed by atoms with E-state index in [1.165, 1.54) is 11.3 Å². The molecule has 4 aliphatic rings. The highest BCUT2D eigenvalue weighted by Gasteiger charge is 2.70. The molecule has 0 unspecified atom stereocenters. The van der Waals surface area contributed by atoms with Crippen molar-refractivity contribution in [1.82, 2.24) is 9.88 Å². The predicted molar refractivity (Wildman–Crippen MR) is 128 cm³/mol. The molecule has 9 heteroatoms. The number of H-pyrrole nitrogens is 1. The second-order valence-corrected chi connectivity index (χ2v) is 12.6. The van der Waals surface area contributed by atoms with Crippen molar-refractivity contribution in [3.05, 3.63) is 50.4 Å². The van der Waals surface area contributed by atoms with Gasteiger partial charge in [-0.25, -0.2) is 4.79 Å². The maximum absolute atomic E-state index is 13.7. The monoisotopic (exact) mass is 498 g/mol. The third kappa shape index (κ3) is 3.02. The number of hydrogen-bond donors (Lipinski definition) is 2. The average Bonchev–Trinajstić information content (AvgIpc) is 3.51. The Bertz CT molecular complexity index is 1240. The van der Waals surface area contributed by atoms with Gasteiger partial charge in [-0.1, -0.05) is 55.5 Å². The highest BCUT2D eigenvalue weighted by molar-refractivity contribution is 8.00. The van der Waals surface area contributed by atoms with E-state index in [2.05, 4.69) is 17.1 Å². The van der Waals surface area contributed by atoms with Crippen molar-refractivity contribution in [2.24, 2.45) is 35.5 Å². The van der Waals surface area contributed by atoms with E-state index in [4.69, 9.17) is 0 Å². The summed E-state index contributed by atoms with van der Waals surface area (Å²) in [7, 11) is 0. The Labute approximate surface area is 204 Å². The first-order valence-corrected chi connectivity index (χ1v) is 13.5. The average molecular weight is 499 g/mol. The predicted octanol–water partition coefficient (Wildman–Crippen LogP) is 3.41. The van der Waals surface area contributed by atoms with Gasteiger partial charge in [-0.05, 0) is 42.1 Å². The number of amides is 2. The van der Waals surface area contributed by atoms with Crippen molar-refractivity contribution in [3.63, 3.8) is 0 Å². The molecule has 2 aliphatic heterocycles. The van der Waals surface area contributed by atoms with Crippen LogP contribution in [0.2, 0.25) is 0 Å². The number of fused-ring (bicyclic) bond motifs is 9. The van der Waals surface area contributed by atoms with Crippen LogP contribution in [0.4, 0.5) is 0 Å². The van der Waals surface area contributed by atoms with Gasteiger partial charge in [-0.2, -0.15) is 0 Å². The quantitative estimate of drug-likeness (QED) is 0.612. The lowest BCUT2D eigenvalue weighted by Crippen LogP contribution is -2.47. The number of hydrogen-bond acceptors (Lipinski definition) is 6. The number of imide groups is 1. The minimum Gasteiger partial charge on any atom is -0.480 e. The number of rotatable bonds is 5. The molecule has 1 aromatic carbocycles. The Balaban J connectivity index is 1.42. The molecular formula is C25H26N2O5S2. The molecule has 2 aliphatic carbocycles. The van der Waals surface area contributed by atoms with Crippen LogP contribution in [0, 0.1) is 35.5 Å². The largest absolute Gasteiger partial charge is 0.480 e. The fraction of sp³-hybridized carbons (Fsp3) is 0.520. The fourth-order valence-electron chi connectivity index (χ4n) is 7.14. The van der Waals surface area contributed by atoms with Crippen molar-refractivity contribution in [3.8, 4) is 0 Å². The van der Waals surface area contributed by atoms with Crippen LogP contribution < -0.4 is 4.87 Å². The number of aliphatic carboxylic acids is 1.